The lowest BCUT2D eigenvalue weighted by molar-refractivity contribution is -0.139. The molecule has 2 aromatic carbocycles. The van der Waals surface area contributed by atoms with E-state index < -0.39 is 28.8 Å². The monoisotopic (exact) mass is 579 g/mol. The van der Waals surface area contributed by atoms with Crippen LogP contribution in [0.25, 0.3) is 11.1 Å². The third kappa shape index (κ3) is 4.92. The van der Waals surface area contributed by atoms with Crippen LogP contribution in [0.1, 0.15) is 60.4 Å². The molecule has 3 aromatic rings. The summed E-state index contributed by atoms with van der Waals surface area (Å²) in [5.74, 6) is -1.52. The van der Waals surface area contributed by atoms with Crippen LogP contribution in [0, 0.1) is 43.2 Å². The number of carboxylic acid groups (broad SMARTS) is 1. The second kappa shape index (κ2) is 10.0. The summed E-state index contributed by atoms with van der Waals surface area (Å²) in [7, 11) is 0. The van der Waals surface area contributed by atoms with E-state index in [1.807, 2.05) is 13.8 Å². The van der Waals surface area contributed by atoms with E-state index >= 15 is 4.39 Å². The number of carbonyl (C=O) groups is 1. The summed E-state index contributed by atoms with van der Waals surface area (Å²) < 4.78 is 41.7. The van der Waals surface area contributed by atoms with Crippen molar-refractivity contribution < 1.29 is 38.4 Å². The first-order valence-electron chi connectivity index (χ1n) is 14.3. The Hall–Kier alpha value is -3.56. The maximum absolute atomic E-state index is 15.1. The van der Waals surface area contributed by atoms with Crippen molar-refractivity contribution in [2.45, 2.75) is 70.7 Å². The van der Waals surface area contributed by atoms with Gasteiger partial charge < -0.3 is 24.8 Å². The molecular weight excluding hydrogens is 544 g/mol. The summed E-state index contributed by atoms with van der Waals surface area (Å²) in [5.41, 5.74) is 2.17. The molecule has 7 nitrogen and oxygen atoms in total. The quantitative estimate of drug-likeness (QED) is 0.324. The molecule has 3 aliphatic rings. The van der Waals surface area contributed by atoms with Crippen LogP contribution in [0.4, 0.5) is 8.78 Å². The number of ether oxygens (including phenoxy) is 2. The van der Waals surface area contributed by atoms with Gasteiger partial charge in [-0.15, -0.1) is 0 Å². The fraction of sp³-hybridized carbons (Fsp3) is 0.455. The van der Waals surface area contributed by atoms with Gasteiger partial charge in [-0.3, -0.25) is 4.79 Å². The van der Waals surface area contributed by atoms with E-state index in [1.54, 1.807) is 38.2 Å². The molecule has 1 aromatic heterocycles. The predicted octanol–water partition coefficient (Wildman–Crippen LogP) is 5.48. The number of hydrogen-bond acceptors (Lipinski definition) is 6. The topological polar surface area (TPSA) is 109 Å². The Labute approximate surface area is 243 Å². The van der Waals surface area contributed by atoms with Gasteiger partial charge in [0.1, 0.15) is 24.0 Å². The summed E-state index contributed by atoms with van der Waals surface area (Å²) in [6.45, 7) is 7.13. The van der Waals surface area contributed by atoms with Crippen LogP contribution < -0.4 is 9.47 Å². The molecule has 2 fully saturated rings. The zero-order valence-corrected chi connectivity index (χ0v) is 24.1. The normalized spacial score (nSPS) is 29.2. The number of carboxylic acids is 1. The lowest BCUT2D eigenvalue weighted by Gasteiger charge is -2.31. The second-order valence-electron chi connectivity index (χ2n) is 12.8. The van der Waals surface area contributed by atoms with Gasteiger partial charge in [-0.25, -0.2) is 13.8 Å². The summed E-state index contributed by atoms with van der Waals surface area (Å²) in [6, 6.07) is 7.72. The number of hydrogen-bond donors (Lipinski definition) is 3. The average Bonchev–Trinajstić information content (AvgIpc) is 3.41. The summed E-state index contributed by atoms with van der Waals surface area (Å²) >= 11 is 0. The zero-order chi connectivity index (χ0) is 30.1. The number of rotatable bonds is 8. The van der Waals surface area contributed by atoms with Crippen LogP contribution in [0.5, 0.6) is 11.6 Å². The fourth-order valence-corrected chi connectivity index (χ4v) is 7.13. The Morgan fingerprint density at radius 2 is 1.67 bits per heavy atom. The number of aromatic nitrogens is 1. The molecule has 0 aliphatic heterocycles. The minimum Gasteiger partial charge on any atom is -0.493 e. The Morgan fingerprint density at radius 1 is 1.00 bits per heavy atom. The average molecular weight is 580 g/mol. The summed E-state index contributed by atoms with van der Waals surface area (Å²) in [4.78, 5) is 15.7. The molecule has 0 radical (unpaired) electrons. The Bertz CT molecular complexity index is 1550. The first-order valence-corrected chi connectivity index (χ1v) is 14.3. The zero-order valence-electron chi connectivity index (χ0n) is 24.1. The standard InChI is InChI=1S/C33H35F2NO6/c1-16-5-21(41-14-18-11-32(3,39)33(4,40)12-18)6-17(2)28(16)22-8-20(25(34)10-26(22)35)15-42-27-9-19-7-23-29(24(19)13-36-27)30(23)31(37)38/h5-6,8-10,13,18,23,29-30,39-40H,7,11-12,14-15H2,1-4H3,(H,37,38)/t18?,23-,29-,30+,32-,33+/m1/s1. The van der Waals surface area contributed by atoms with Crippen molar-refractivity contribution in [1.29, 1.82) is 0 Å². The summed E-state index contributed by atoms with van der Waals surface area (Å²) in [6.07, 6.45) is 3.16. The van der Waals surface area contributed by atoms with E-state index in [9.17, 15) is 24.5 Å². The molecule has 2 saturated carbocycles. The predicted molar refractivity (Wildman–Crippen MR) is 150 cm³/mol. The molecule has 0 saturated heterocycles. The molecule has 222 valence electrons. The highest BCUT2D eigenvalue weighted by Gasteiger charge is 2.60. The molecule has 42 heavy (non-hydrogen) atoms. The lowest BCUT2D eigenvalue weighted by atomic mass is 9.90. The van der Waals surface area contributed by atoms with Gasteiger partial charge in [0, 0.05) is 35.4 Å². The highest BCUT2D eigenvalue weighted by molar-refractivity contribution is 5.78. The SMILES string of the molecule is Cc1cc(OCC2C[C@](C)(O)[C@](C)(O)C2)cc(C)c1-c1cc(COc2cc3c(cn2)[C@H]2[C@@H](C3)[C@@H]2C(=O)O)c(F)cc1F. The fourth-order valence-electron chi connectivity index (χ4n) is 7.13. The molecule has 6 atom stereocenters. The van der Waals surface area contributed by atoms with E-state index in [2.05, 4.69) is 4.98 Å². The van der Waals surface area contributed by atoms with Gasteiger partial charge in [0.05, 0.1) is 23.7 Å². The molecule has 3 N–H and O–H groups in total. The summed E-state index contributed by atoms with van der Waals surface area (Å²) in [5, 5.41) is 30.3. The van der Waals surface area contributed by atoms with Crippen molar-refractivity contribution in [2.24, 2.45) is 17.8 Å². The Morgan fingerprint density at radius 3 is 2.31 bits per heavy atom. The highest BCUT2D eigenvalue weighted by Crippen LogP contribution is 2.61. The molecule has 0 bridgehead atoms. The van der Waals surface area contributed by atoms with E-state index in [0.29, 0.717) is 43.1 Å². The van der Waals surface area contributed by atoms with E-state index in [0.717, 1.165) is 28.3 Å². The smallest absolute Gasteiger partial charge is 0.307 e. The van der Waals surface area contributed by atoms with Gasteiger partial charge in [-0.1, -0.05) is 0 Å². The molecule has 3 aliphatic carbocycles. The van der Waals surface area contributed by atoms with Crippen molar-refractivity contribution in [1.82, 2.24) is 4.98 Å². The van der Waals surface area contributed by atoms with Crippen molar-refractivity contribution in [2.75, 3.05) is 6.61 Å². The van der Waals surface area contributed by atoms with Crippen molar-refractivity contribution >= 4 is 5.97 Å². The molecule has 6 rings (SSSR count). The van der Waals surface area contributed by atoms with Gasteiger partial charge >= 0.3 is 5.97 Å². The van der Waals surface area contributed by atoms with Crippen LogP contribution in [0.3, 0.4) is 0 Å². The number of fused-ring (bicyclic) bond motifs is 3. The number of halogens is 2. The molecule has 9 heteroatoms. The van der Waals surface area contributed by atoms with Crippen molar-refractivity contribution in [3.05, 3.63) is 76.0 Å². The number of aliphatic hydroxyl groups is 2. The molecule has 1 unspecified atom stereocenters. The van der Waals surface area contributed by atoms with Gasteiger partial charge in [-0.2, -0.15) is 0 Å². The number of nitrogens with zero attached hydrogens (tertiary/aromatic N) is 1. The lowest BCUT2D eigenvalue weighted by Crippen LogP contribution is -2.44. The van der Waals surface area contributed by atoms with E-state index in [-0.39, 0.29) is 41.4 Å². The highest BCUT2D eigenvalue weighted by atomic mass is 19.1. The van der Waals surface area contributed by atoms with Crippen molar-refractivity contribution in [3.8, 4) is 22.8 Å². The van der Waals surface area contributed by atoms with Gasteiger partial charge in [0.15, 0.2) is 0 Å². The number of pyridine rings is 1. The first kappa shape index (κ1) is 28.6. The second-order valence-corrected chi connectivity index (χ2v) is 12.8. The molecule has 1 heterocycles. The minimum atomic E-state index is -1.18. The minimum absolute atomic E-state index is 0.00910. The molecule has 0 spiro atoms. The number of benzene rings is 2. The van der Waals surface area contributed by atoms with Crippen LogP contribution in [-0.4, -0.2) is 44.1 Å². The largest absolute Gasteiger partial charge is 0.493 e. The Kier molecular flexibility index (Phi) is 6.81. The maximum atomic E-state index is 15.1. The van der Waals surface area contributed by atoms with Gasteiger partial charge in [-0.05, 0) is 105 Å². The number of aryl methyl sites for hydroxylation is 2. The molecule has 0 amide bonds. The third-order valence-corrected chi connectivity index (χ3v) is 9.57. The van der Waals surface area contributed by atoms with E-state index in [1.165, 1.54) is 6.07 Å². The maximum Gasteiger partial charge on any atom is 0.307 e. The number of aliphatic carboxylic acids is 1. The first-order chi connectivity index (χ1) is 19.8. The van der Waals surface area contributed by atoms with Crippen LogP contribution >= 0.6 is 0 Å². The van der Waals surface area contributed by atoms with Crippen LogP contribution in [0.15, 0.2) is 36.5 Å². The van der Waals surface area contributed by atoms with E-state index in [4.69, 9.17) is 9.47 Å². The van der Waals surface area contributed by atoms with Crippen LogP contribution in [0.2, 0.25) is 0 Å². The molecular formula is C33H35F2NO6. The van der Waals surface area contributed by atoms with Gasteiger partial charge in [0.25, 0.3) is 0 Å². The van der Waals surface area contributed by atoms with Gasteiger partial charge in [0.2, 0.25) is 5.88 Å². The van der Waals surface area contributed by atoms with Crippen LogP contribution in [-0.2, 0) is 17.8 Å². The van der Waals surface area contributed by atoms with Crippen molar-refractivity contribution in [3.63, 3.8) is 0 Å². The Balaban J connectivity index is 1.16. The third-order valence-electron chi connectivity index (χ3n) is 9.57.